The van der Waals surface area contributed by atoms with E-state index in [1.165, 1.54) is 0 Å². The molecule has 4 rings (SSSR count). The molecule has 29 heavy (non-hydrogen) atoms. The van der Waals surface area contributed by atoms with Gasteiger partial charge in [0.15, 0.2) is 5.78 Å². The molecule has 2 heterocycles. The minimum absolute atomic E-state index is 0.0410. The highest BCUT2D eigenvalue weighted by Crippen LogP contribution is 2.38. The van der Waals surface area contributed by atoms with Gasteiger partial charge in [-0.3, -0.25) is 4.79 Å². The Morgan fingerprint density at radius 2 is 2.07 bits per heavy atom. The lowest BCUT2D eigenvalue weighted by molar-refractivity contribution is -0.0464. The maximum atomic E-state index is 13.3. The normalized spacial score (nSPS) is 21.9. The van der Waals surface area contributed by atoms with Crippen molar-refractivity contribution in [2.75, 3.05) is 6.54 Å². The Hall–Kier alpha value is -2.15. The van der Waals surface area contributed by atoms with E-state index >= 15 is 0 Å². The van der Waals surface area contributed by atoms with Gasteiger partial charge in [-0.1, -0.05) is 17.7 Å². The summed E-state index contributed by atoms with van der Waals surface area (Å²) in [7, 11) is 0. The largest absolute Gasteiger partial charge is 0.442 e. The number of hydrogen-bond acceptors (Lipinski definition) is 3. The molecule has 2 fully saturated rings. The van der Waals surface area contributed by atoms with Crippen LogP contribution in [0.2, 0.25) is 5.02 Å². The summed E-state index contributed by atoms with van der Waals surface area (Å²) in [5.74, 6) is -2.44. The highest BCUT2D eigenvalue weighted by molar-refractivity contribution is 6.37. The van der Waals surface area contributed by atoms with Gasteiger partial charge >= 0.3 is 6.09 Å². The summed E-state index contributed by atoms with van der Waals surface area (Å²) in [4.78, 5) is 24.3. The Balaban J connectivity index is 1.50. The zero-order valence-electron chi connectivity index (χ0n) is 15.9. The van der Waals surface area contributed by atoms with E-state index in [0.29, 0.717) is 54.7 Å². The Kier molecular flexibility index (Phi) is 5.51. The molecule has 156 valence electrons. The number of rotatable bonds is 6. The van der Waals surface area contributed by atoms with Crippen LogP contribution >= 0.6 is 11.6 Å². The maximum absolute atomic E-state index is 13.3. The van der Waals surface area contributed by atoms with Crippen LogP contribution in [0.3, 0.4) is 0 Å². The molecule has 1 N–H and O–H groups in total. The quantitative estimate of drug-likeness (QED) is 0.649. The Morgan fingerprint density at radius 3 is 2.76 bits per heavy atom. The standard InChI is InChI=1S/C21H23ClF2N2O3/c22-16-2-1-3-17-19(16)15(12-26(17)11-14-10-25-20(28)29-14)18(27)5-4-13-6-8-21(23,24)9-7-13/h1-3,12-14H,4-11H2,(H,25,28)/t14-/m1/s1. The van der Waals surface area contributed by atoms with Crippen LogP contribution in [-0.2, 0) is 11.3 Å². The average Bonchev–Trinajstić information content (AvgIpc) is 3.25. The van der Waals surface area contributed by atoms with Crippen molar-refractivity contribution in [3.8, 4) is 0 Å². The summed E-state index contributed by atoms with van der Waals surface area (Å²) >= 11 is 6.39. The van der Waals surface area contributed by atoms with E-state index in [4.69, 9.17) is 16.3 Å². The maximum Gasteiger partial charge on any atom is 0.407 e. The van der Waals surface area contributed by atoms with E-state index in [1.807, 2.05) is 16.7 Å². The van der Waals surface area contributed by atoms with Crippen LogP contribution < -0.4 is 5.32 Å². The van der Waals surface area contributed by atoms with Gasteiger partial charge in [0.05, 0.1) is 23.6 Å². The zero-order valence-corrected chi connectivity index (χ0v) is 16.7. The van der Waals surface area contributed by atoms with E-state index in [2.05, 4.69) is 5.32 Å². The Bertz CT molecular complexity index is 933. The van der Waals surface area contributed by atoms with Gasteiger partial charge in [0.25, 0.3) is 0 Å². The summed E-state index contributed by atoms with van der Waals surface area (Å²) in [6.07, 6.45) is 2.65. The number of ether oxygens (including phenoxy) is 1. The minimum atomic E-state index is -2.56. The molecule has 0 radical (unpaired) electrons. The molecule has 8 heteroatoms. The number of Topliss-reactive ketones (excluding diaryl/α,β-unsaturated/α-hetero) is 1. The predicted molar refractivity (Wildman–Crippen MR) is 106 cm³/mol. The van der Waals surface area contributed by atoms with Gasteiger partial charge < -0.3 is 14.6 Å². The number of carbonyl (C=O) groups excluding carboxylic acids is 2. The van der Waals surface area contributed by atoms with Crippen molar-refractivity contribution in [2.24, 2.45) is 5.92 Å². The third kappa shape index (κ3) is 4.39. The van der Waals surface area contributed by atoms with Crippen LogP contribution in [0.15, 0.2) is 24.4 Å². The van der Waals surface area contributed by atoms with E-state index in [9.17, 15) is 18.4 Å². The molecule has 1 amide bonds. The molecule has 2 aromatic rings. The second-order valence-corrected chi connectivity index (χ2v) is 8.41. The second kappa shape index (κ2) is 7.94. The zero-order chi connectivity index (χ0) is 20.6. The van der Waals surface area contributed by atoms with Crippen molar-refractivity contribution in [1.82, 2.24) is 9.88 Å². The summed E-state index contributed by atoms with van der Waals surface area (Å²) in [5, 5.41) is 3.80. The number of benzene rings is 1. The van der Waals surface area contributed by atoms with Crippen LogP contribution in [0.1, 0.15) is 48.9 Å². The van der Waals surface area contributed by atoms with Crippen molar-refractivity contribution in [2.45, 2.75) is 57.1 Å². The molecule has 1 aliphatic heterocycles. The number of fused-ring (bicyclic) bond motifs is 1. The number of halogens is 3. The lowest BCUT2D eigenvalue weighted by Gasteiger charge is -2.27. The van der Waals surface area contributed by atoms with Gasteiger partial charge in [-0.15, -0.1) is 0 Å². The number of alkyl halides is 2. The lowest BCUT2D eigenvalue weighted by atomic mass is 9.83. The molecule has 1 saturated carbocycles. The van der Waals surface area contributed by atoms with Gasteiger partial charge in [-0.2, -0.15) is 0 Å². The lowest BCUT2D eigenvalue weighted by Crippen LogP contribution is -2.24. The fraction of sp³-hybridized carbons (Fsp3) is 0.524. The molecule has 1 saturated heterocycles. The number of hydrogen-bond donors (Lipinski definition) is 1. The molecule has 1 aromatic heterocycles. The Labute approximate surface area is 172 Å². The molecule has 1 aromatic carbocycles. The molecule has 0 bridgehead atoms. The van der Waals surface area contributed by atoms with Crippen LogP contribution in [0.25, 0.3) is 10.9 Å². The molecule has 0 spiro atoms. The third-order valence-corrected chi connectivity index (χ3v) is 6.24. The van der Waals surface area contributed by atoms with Gasteiger partial charge in [-0.25, -0.2) is 13.6 Å². The van der Waals surface area contributed by atoms with Crippen molar-refractivity contribution in [1.29, 1.82) is 0 Å². The fourth-order valence-electron chi connectivity index (χ4n) is 4.28. The summed E-state index contributed by atoms with van der Waals surface area (Å²) in [5.41, 5.74) is 1.34. The highest BCUT2D eigenvalue weighted by atomic mass is 35.5. The number of amides is 1. The number of ketones is 1. The van der Waals surface area contributed by atoms with Crippen molar-refractivity contribution < 1.29 is 23.1 Å². The van der Waals surface area contributed by atoms with Crippen LogP contribution in [0.5, 0.6) is 0 Å². The number of nitrogens with zero attached hydrogens (tertiary/aromatic N) is 1. The fourth-order valence-corrected chi connectivity index (χ4v) is 4.55. The first-order valence-corrected chi connectivity index (χ1v) is 10.3. The average molecular weight is 425 g/mol. The van der Waals surface area contributed by atoms with Crippen LogP contribution in [-0.4, -0.2) is 35.0 Å². The molecule has 0 unspecified atom stereocenters. The number of nitrogens with one attached hydrogen (secondary N) is 1. The van der Waals surface area contributed by atoms with E-state index < -0.39 is 12.0 Å². The van der Waals surface area contributed by atoms with Gasteiger partial charge in [-0.05, 0) is 37.3 Å². The predicted octanol–water partition coefficient (Wildman–Crippen LogP) is 5.19. The number of alkyl carbamates (subject to hydrolysis) is 1. The SMILES string of the molecule is O=C1NC[C@H](Cn2cc(C(=O)CCC3CCC(F)(F)CC3)c3c(Cl)cccc32)O1. The van der Waals surface area contributed by atoms with Crippen molar-refractivity contribution in [3.63, 3.8) is 0 Å². The summed E-state index contributed by atoms with van der Waals surface area (Å²) in [6, 6.07) is 5.44. The monoisotopic (exact) mass is 424 g/mol. The van der Waals surface area contributed by atoms with Crippen LogP contribution in [0, 0.1) is 5.92 Å². The van der Waals surface area contributed by atoms with Gasteiger partial charge in [0.1, 0.15) is 6.10 Å². The molecule has 2 aliphatic rings. The number of carbonyl (C=O) groups is 2. The van der Waals surface area contributed by atoms with Gasteiger partial charge in [0.2, 0.25) is 5.92 Å². The summed E-state index contributed by atoms with van der Waals surface area (Å²) < 4.78 is 33.8. The first-order chi connectivity index (χ1) is 13.8. The minimum Gasteiger partial charge on any atom is -0.442 e. The molecule has 5 nitrogen and oxygen atoms in total. The van der Waals surface area contributed by atoms with E-state index in [0.717, 1.165) is 5.52 Å². The number of cyclic esters (lactones) is 1. The second-order valence-electron chi connectivity index (χ2n) is 8.00. The van der Waals surface area contributed by atoms with Crippen molar-refractivity contribution in [3.05, 3.63) is 35.0 Å². The summed E-state index contributed by atoms with van der Waals surface area (Å²) in [6.45, 7) is 0.829. The number of aromatic nitrogens is 1. The molecule has 1 atom stereocenters. The van der Waals surface area contributed by atoms with Crippen LogP contribution in [0.4, 0.5) is 13.6 Å². The topological polar surface area (TPSA) is 60.3 Å². The Morgan fingerprint density at radius 1 is 1.31 bits per heavy atom. The molecular formula is C21H23ClF2N2O3. The molecule has 1 aliphatic carbocycles. The van der Waals surface area contributed by atoms with E-state index in [-0.39, 0.29) is 30.6 Å². The third-order valence-electron chi connectivity index (χ3n) is 5.92. The van der Waals surface area contributed by atoms with E-state index in [1.54, 1.807) is 12.3 Å². The first kappa shape index (κ1) is 20.1. The van der Waals surface area contributed by atoms with Gasteiger partial charge in [0, 0.05) is 36.4 Å². The molecular weight excluding hydrogens is 402 g/mol. The smallest absolute Gasteiger partial charge is 0.407 e. The van der Waals surface area contributed by atoms with Crippen molar-refractivity contribution >= 4 is 34.4 Å². The highest BCUT2D eigenvalue weighted by Gasteiger charge is 2.35. The first-order valence-electron chi connectivity index (χ1n) is 9.95.